The fourth-order valence-corrected chi connectivity index (χ4v) is 1.79. The van der Waals surface area contributed by atoms with Gasteiger partial charge in [0, 0.05) is 19.0 Å². The fraction of sp³-hybridized carbons (Fsp3) is 0.500. The molecule has 0 spiro atoms. The number of pyridine rings is 1. The third kappa shape index (κ3) is 4.56. The molecule has 1 aromatic heterocycles. The SMILES string of the molecule is O=C(CCNc1cc(C(F)(F)F)cc(Cl)n1)NC1CC1. The number of amides is 1. The molecule has 1 aliphatic carbocycles. The van der Waals surface area contributed by atoms with Gasteiger partial charge in [-0.3, -0.25) is 4.79 Å². The second kappa shape index (κ2) is 5.87. The van der Waals surface area contributed by atoms with Gasteiger partial charge in [0.25, 0.3) is 0 Å². The number of hydrogen-bond donors (Lipinski definition) is 2. The summed E-state index contributed by atoms with van der Waals surface area (Å²) in [6, 6.07) is 1.89. The largest absolute Gasteiger partial charge is 0.416 e. The Morgan fingerprint density at radius 3 is 2.70 bits per heavy atom. The van der Waals surface area contributed by atoms with Crippen LogP contribution in [0.3, 0.4) is 0 Å². The number of halogens is 4. The topological polar surface area (TPSA) is 54.0 Å². The van der Waals surface area contributed by atoms with Gasteiger partial charge in [-0.05, 0) is 25.0 Å². The first-order valence-corrected chi connectivity index (χ1v) is 6.50. The van der Waals surface area contributed by atoms with Crippen LogP contribution in [0.4, 0.5) is 19.0 Å². The Bertz CT molecular complexity index is 503. The molecular weight excluding hydrogens is 295 g/mol. The van der Waals surface area contributed by atoms with Gasteiger partial charge in [0.15, 0.2) is 0 Å². The minimum Gasteiger partial charge on any atom is -0.369 e. The quantitative estimate of drug-likeness (QED) is 0.823. The maximum atomic E-state index is 12.6. The maximum absolute atomic E-state index is 12.6. The van der Waals surface area contributed by atoms with E-state index in [-0.39, 0.29) is 35.9 Å². The molecular formula is C12H13ClF3N3O. The smallest absolute Gasteiger partial charge is 0.369 e. The molecule has 0 saturated heterocycles. The number of aromatic nitrogens is 1. The van der Waals surface area contributed by atoms with Crippen LogP contribution >= 0.6 is 11.6 Å². The van der Waals surface area contributed by atoms with Crippen molar-refractivity contribution < 1.29 is 18.0 Å². The summed E-state index contributed by atoms with van der Waals surface area (Å²) in [7, 11) is 0. The van der Waals surface area contributed by atoms with E-state index >= 15 is 0 Å². The van der Waals surface area contributed by atoms with E-state index in [9.17, 15) is 18.0 Å². The molecule has 20 heavy (non-hydrogen) atoms. The number of nitrogens with one attached hydrogen (secondary N) is 2. The van der Waals surface area contributed by atoms with Crippen LogP contribution in [0.2, 0.25) is 5.15 Å². The molecule has 4 nitrogen and oxygen atoms in total. The molecule has 2 N–H and O–H groups in total. The number of carbonyl (C=O) groups excluding carboxylic acids is 1. The monoisotopic (exact) mass is 307 g/mol. The lowest BCUT2D eigenvalue weighted by molar-refractivity contribution is -0.137. The maximum Gasteiger partial charge on any atom is 0.416 e. The van der Waals surface area contributed by atoms with Crippen LogP contribution in [-0.2, 0) is 11.0 Å². The Labute approximate surface area is 118 Å². The lowest BCUT2D eigenvalue weighted by Gasteiger charge is -2.10. The molecule has 2 rings (SSSR count). The van der Waals surface area contributed by atoms with Crippen LogP contribution < -0.4 is 10.6 Å². The van der Waals surface area contributed by atoms with E-state index in [4.69, 9.17) is 11.6 Å². The number of carbonyl (C=O) groups is 1. The Morgan fingerprint density at radius 1 is 1.40 bits per heavy atom. The third-order valence-corrected chi connectivity index (χ3v) is 2.92. The molecule has 8 heteroatoms. The lowest BCUT2D eigenvalue weighted by atomic mass is 10.2. The van der Waals surface area contributed by atoms with Gasteiger partial charge >= 0.3 is 6.18 Å². The molecule has 0 radical (unpaired) electrons. The van der Waals surface area contributed by atoms with Crippen molar-refractivity contribution in [2.24, 2.45) is 0 Å². The normalized spacial score (nSPS) is 15.0. The van der Waals surface area contributed by atoms with E-state index < -0.39 is 11.7 Å². The molecule has 0 atom stereocenters. The standard InChI is InChI=1S/C12H13ClF3N3O/c13-9-5-7(12(14,15)16)6-10(19-9)17-4-3-11(20)18-8-1-2-8/h5-6,8H,1-4H2,(H,17,19)(H,18,20). The van der Waals surface area contributed by atoms with Crippen LogP contribution in [0.1, 0.15) is 24.8 Å². The van der Waals surface area contributed by atoms with Crippen molar-refractivity contribution in [1.82, 2.24) is 10.3 Å². The van der Waals surface area contributed by atoms with Gasteiger partial charge in [0.2, 0.25) is 5.91 Å². The first-order valence-electron chi connectivity index (χ1n) is 6.12. The zero-order valence-corrected chi connectivity index (χ0v) is 11.2. The molecule has 0 aliphatic heterocycles. The van der Waals surface area contributed by atoms with Crippen LogP contribution in [-0.4, -0.2) is 23.5 Å². The Kier molecular flexibility index (Phi) is 4.37. The second-order valence-corrected chi connectivity index (χ2v) is 4.97. The molecule has 1 saturated carbocycles. The van der Waals surface area contributed by atoms with E-state index in [1.54, 1.807) is 0 Å². The summed E-state index contributed by atoms with van der Waals surface area (Å²) in [5.41, 5.74) is -0.873. The van der Waals surface area contributed by atoms with E-state index in [0.29, 0.717) is 0 Å². The molecule has 0 aromatic carbocycles. The minimum absolute atomic E-state index is 0.00375. The highest BCUT2D eigenvalue weighted by Gasteiger charge is 2.31. The summed E-state index contributed by atoms with van der Waals surface area (Å²) < 4.78 is 37.7. The van der Waals surface area contributed by atoms with Gasteiger partial charge in [0.05, 0.1) is 5.56 Å². The molecule has 110 valence electrons. The zero-order valence-electron chi connectivity index (χ0n) is 10.4. The molecule has 1 fully saturated rings. The number of anilines is 1. The predicted molar refractivity (Wildman–Crippen MR) is 68.5 cm³/mol. The molecule has 1 amide bonds. The van der Waals surface area contributed by atoms with E-state index in [0.717, 1.165) is 25.0 Å². The summed E-state index contributed by atoms with van der Waals surface area (Å²) in [5, 5.41) is 5.20. The van der Waals surface area contributed by atoms with Gasteiger partial charge in [-0.15, -0.1) is 0 Å². The number of hydrogen-bond acceptors (Lipinski definition) is 3. The van der Waals surface area contributed by atoms with Crippen molar-refractivity contribution in [2.75, 3.05) is 11.9 Å². The van der Waals surface area contributed by atoms with Crippen molar-refractivity contribution in [1.29, 1.82) is 0 Å². The Balaban J connectivity index is 1.88. The van der Waals surface area contributed by atoms with Gasteiger partial charge in [-0.2, -0.15) is 13.2 Å². The first-order chi connectivity index (χ1) is 9.34. The number of nitrogens with zero attached hydrogens (tertiary/aromatic N) is 1. The van der Waals surface area contributed by atoms with Crippen LogP contribution in [0.5, 0.6) is 0 Å². The lowest BCUT2D eigenvalue weighted by Crippen LogP contribution is -2.27. The highest BCUT2D eigenvalue weighted by molar-refractivity contribution is 6.29. The van der Waals surface area contributed by atoms with E-state index in [2.05, 4.69) is 15.6 Å². The minimum atomic E-state index is -4.48. The molecule has 1 aliphatic rings. The number of rotatable bonds is 5. The molecule has 1 heterocycles. The van der Waals surface area contributed by atoms with Crippen molar-refractivity contribution in [3.05, 3.63) is 22.8 Å². The zero-order chi connectivity index (χ0) is 14.8. The van der Waals surface area contributed by atoms with Crippen molar-refractivity contribution in [2.45, 2.75) is 31.5 Å². The summed E-state index contributed by atoms with van der Waals surface area (Å²) >= 11 is 5.54. The van der Waals surface area contributed by atoms with Crippen molar-refractivity contribution in [3.8, 4) is 0 Å². The summed E-state index contributed by atoms with van der Waals surface area (Å²) in [6.45, 7) is 0.198. The highest BCUT2D eigenvalue weighted by atomic mass is 35.5. The van der Waals surface area contributed by atoms with Gasteiger partial charge < -0.3 is 10.6 Å². The van der Waals surface area contributed by atoms with E-state index in [1.165, 1.54) is 0 Å². The fourth-order valence-electron chi connectivity index (χ4n) is 1.58. The Morgan fingerprint density at radius 2 is 2.10 bits per heavy atom. The average Bonchev–Trinajstić information content (AvgIpc) is 3.11. The number of alkyl halides is 3. The average molecular weight is 308 g/mol. The predicted octanol–water partition coefficient (Wildman–Crippen LogP) is 2.83. The summed E-state index contributed by atoms with van der Waals surface area (Å²) in [5.74, 6) is -0.123. The van der Waals surface area contributed by atoms with Crippen LogP contribution in [0, 0.1) is 0 Å². The van der Waals surface area contributed by atoms with Crippen LogP contribution in [0.15, 0.2) is 12.1 Å². The highest BCUT2D eigenvalue weighted by Crippen LogP contribution is 2.31. The third-order valence-electron chi connectivity index (χ3n) is 2.72. The van der Waals surface area contributed by atoms with Gasteiger partial charge in [-0.1, -0.05) is 11.6 Å². The van der Waals surface area contributed by atoms with E-state index in [1.807, 2.05) is 0 Å². The van der Waals surface area contributed by atoms with Crippen LogP contribution in [0.25, 0.3) is 0 Å². The van der Waals surface area contributed by atoms with Crippen molar-refractivity contribution >= 4 is 23.3 Å². The second-order valence-electron chi connectivity index (χ2n) is 4.58. The van der Waals surface area contributed by atoms with Crippen molar-refractivity contribution in [3.63, 3.8) is 0 Å². The van der Waals surface area contributed by atoms with Gasteiger partial charge in [-0.25, -0.2) is 4.98 Å². The van der Waals surface area contributed by atoms with Gasteiger partial charge in [0.1, 0.15) is 11.0 Å². The molecule has 1 aromatic rings. The summed E-state index contributed by atoms with van der Waals surface area (Å²) in [6.07, 6.45) is -2.33. The summed E-state index contributed by atoms with van der Waals surface area (Å²) in [4.78, 5) is 15.1. The first kappa shape index (κ1) is 14.9. The molecule has 0 unspecified atom stereocenters. The molecule has 0 bridgehead atoms. The Hall–Kier alpha value is -1.50.